The van der Waals surface area contributed by atoms with Crippen molar-refractivity contribution in [2.24, 2.45) is 0 Å². The van der Waals surface area contributed by atoms with E-state index in [4.69, 9.17) is 0 Å². The Kier molecular flexibility index (Phi) is 5.41. The van der Waals surface area contributed by atoms with Crippen LogP contribution in [-0.2, 0) is 24.3 Å². The van der Waals surface area contributed by atoms with E-state index in [2.05, 4.69) is 46.9 Å². The van der Waals surface area contributed by atoms with Gasteiger partial charge < -0.3 is 4.90 Å². The number of fused-ring (bicyclic) bond motifs is 1. The Bertz CT molecular complexity index is 666. The van der Waals surface area contributed by atoms with Gasteiger partial charge in [0, 0.05) is 29.4 Å². The van der Waals surface area contributed by atoms with E-state index in [9.17, 15) is 4.79 Å². The van der Waals surface area contributed by atoms with Crippen LogP contribution in [-0.4, -0.2) is 42.1 Å². The van der Waals surface area contributed by atoms with Crippen molar-refractivity contribution >= 4 is 29.0 Å². The average molecular weight is 347 g/mol. The molecule has 0 fully saturated rings. The molecule has 3 nitrogen and oxygen atoms in total. The number of carbonyl (C=O) groups is 1. The van der Waals surface area contributed by atoms with Crippen molar-refractivity contribution in [2.45, 2.75) is 24.4 Å². The van der Waals surface area contributed by atoms with Crippen molar-refractivity contribution in [1.29, 1.82) is 0 Å². The number of carbonyl (C=O) groups excluding carboxylic acids is 1. The van der Waals surface area contributed by atoms with Crippen molar-refractivity contribution < 1.29 is 4.79 Å². The highest BCUT2D eigenvalue weighted by Gasteiger charge is 2.22. The summed E-state index contributed by atoms with van der Waals surface area (Å²) >= 11 is 3.56. The minimum Gasteiger partial charge on any atom is -0.337 e. The Morgan fingerprint density at radius 1 is 1.30 bits per heavy atom. The molecular formula is C18H22N2OS2. The first-order valence-corrected chi connectivity index (χ1v) is 9.90. The molecule has 0 N–H and O–H groups in total. The maximum atomic E-state index is 12.5. The molecule has 0 spiro atoms. The molecular weight excluding hydrogens is 324 g/mol. The second kappa shape index (κ2) is 7.51. The standard InChI is InChI=1S/C18H22N2OS2/c1-19(11-14-3-5-16(22-2)6-4-14)13-18(21)20-9-7-17-15(12-20)8-10-23-17/h3-6,8,10H,7,9,11-13H2,1-2H3. The van der Waals surface area contributed by atoms with Gasteiger partial charge in [0.05, 0.1) is 6.54 Å². The zero-order valence-electron chi connectivity index (χ0n) is 13.6. The molecule has 1 amide bonds. The van der Waals surface area contributed by atoms with E-state index in [0.29, 0.717) is 6.54 Å². The molecule has 0 saturated heterocycles. The molecule has 0 bridgehead atoms. The number of hydrogen-bond donors (Lipinski definition) is 0. The van der Waals surface area contributed by atoms with Crippen LogP contribution >= 0.6 is 23.1 Å². The summed E-state index contributed by atoms with van der Waals surface area (Å²) in [6, 6.07) is 10.7. The Morgan fingerprint density at radius 3 is 2.83 bits per heavy atom. The SMILES string of the molecule is CSc1ccc(CN(C)CC(=O)N2CCc3sccc3C2)cc1. The summed E-state index contributed by atoms with van der Waals surface area (Å²) in [7, 11) is 2.01. The van der Waals surface area contributed by atoms with Gasteiger partial charge in [0.2, 0.25) is 5.91 Å². The van der Waals surface area contributed by atoms with E-state index in [1.54, 1.807) is 11.8 Å². The van der Waals surface area contributed by atoms with E-state index in [1.807, 2.05) is 23.3 Å². The number of likely N-dealkylation sites (N-methyl/N-ethyl adjacent to an activating group) is 1. The van der Waals surface area contributed by atoms with Crippen LogP contribution in [0.25, 0.3) is 0 Å². The summed E-state index contributed by atoms with van der Waals surface area (Å²) in [4.78, 5) is 19.3. The Labute approximate surface area is 146 Å². The third kappa shape index (κ3) is 4.16. The predicted octanol–water partition coefficient (Wildman–Crippen LogP) is 3.49. The first-order valence-electron chi connectivity index (χ1n) is 7.80. The van der Waals surface area contributed by atoms with Crippen LogP contribution in [0.3, 0.4) is 0 Å². The van der Waals surface area contributed by atoms with Crippen molar-refractivity contribution in [3.8, 4) is 0 Å². The van der Waals surface area contributed by atoms with Crippen LogP contribution in [0.2, 0.25) is 0 Å². The van der Waals surface area contributed by atoms with Crippen LogP contribution in [0.4, 0.5) is 0 Å². The monoisotopic (exact) mass is 346 g/mol. The minimum absolute atomic E-state index is 0.227. The van der Waals surface area contributed by atoms with Gasteiger partial charge in [-0.2, -0.15) is 0 Å². The maximum absolute atomic E-state index is 12.5. The first kappa shape index (κ1) is 16.6. The Balaban J connectivity index is 1.53. The second-order valence-corrected chi connectivity index (χ2v) is 7.83. The van der Waals surface area contributed by atoms with Gasteiger partial charge in [-0.05, 0) is 54.4 Å². The largest absolute Gasteiger partial charge is 0.337 e. The van der Waals surface area contributed by atoms with Crippen LogP contribution < -0.4 is 0 Å². The average Bonchev–Trinajstić information content (AvgIpc) is 3.03. The third-order valence-corrected chi connectivity index (χ3v) is 5.94. The number of nitrogens with zero attached hydrogens (tertiary/aromatic N) is 2. The minimum atomic E-state index is 0.227. The highest BCUT2D eigenvalue weighted by atomic mass is 32.2. The van der Waals surface area contributed by atoms with E-state index in [1.165, 1.54) is 20.9 Å². The molecule has 122 valence electrons. The quantitative estimate of drug-likeness (QED) is 0.775. The summed E-state index contributed by atoms with van der Waals surface area (Å²) in [5.74, 6) is 0.227. The molecule has 5 heteroatoms. The van der Waals surface area contributed by atoms with Gasteiger partial charge in [-0.1, -0.05) is 12.1 Å². The normalized spacial score (nSPS) is 14.1. The molecule has 0 aliphatic carbocycles. The lowest BCUT2D eigenvalue weighted by atomic mass is 10.1. The number of benzene rings is 1. The summed E-state index contributed by atoms with van der Waals surface area (Å²) in [6.45, 7) is 2.90. The predicted molar refractivity (Wildman–Crippen MR) is 98.0 cm³/mol. The fraction of sp³-hybridized carbons (Fsp3) is 0.389. The van der Waals surface area contributed by atoms with Gasteiger partial charge in [-0.3, -0.25) is 9.69 Å². The smallest absolute Gasteiger partial charge is 0.237 e. The van der Waals surface area contributed by atoms with Crippen LogP contribution in [0.1, 0.15) is 16.0 Å². The van der Waals surface area contributed by atoms with E-state index >= 15 is 0 Å². The molecule has 0 unspecified atom stereocenters. The molecule has 1 aliphatic heterocycles. The van der Waals surface area contributed by atoms with Crippen LogP contribution in [0, 0.1) is 0 Å². The van der Waals surface area contributed by atoms with Crippen LogP contribution in [0.15, 0.2) is 40.6 Å². The molecule has 0 saturated carbocycles. The lowest BCUT2D eigenvalue weighted by Crippen LogP contribution is -2.41. The molecule has 23 heavy (non-hydrogen) atoms. The molecule has 2 aromatic rings. The van der Waals surface area contributed by atoms with E-state index in [0.717, 1.165) is 26.1 Å². The maximum Gasteiger partial charge on any atom is 0.237 e. The van der Waals surface area contributed by atoms with Crippen molar-refractivity contribution in [3.63, 3.8) is 0 Å². The van der Waals surface area contributed by atoms with Gasteiger partial charge in [0.1, 0.15) is 0 Å². The number of rotatable bonds is 5. The molecule has 1 aromatic carbocycles. The molecule has 3 rings (SSSR count). The van der Waals surface area contributed by atoms with Gasteiger partial charge in [0.25, 0.3) is 0 Å². The van der Waals surface area contributed by atoms with Crippen molar-refractivity contribution in [1.82, 2.24) is 9.80 Å². The Morgan fingerprint density at radius 2 is 2.09 bits per heavy atom. The number of amides is 1. The molecule has 1 aliphatic rings. The molecule has 2 heterocycles. The zero-order valence-corrected chi connectivity index (χ0v) is 15.3. The third-order valence-electron chi connectivity index (χ3n) is 4.18. The number of thioether (sulfide) groups is 1. The zero-order chi connectivity index (χ0) is 16.2. The van der Waals surface area contributed by atoms with Gasteiger partial charge >= 0.3 is 0 Å². The summed E-state index contributed by atoms with van der Waals surface area (Å²) < 4.78 is 0. The molecule has 1 aromatic heterocycles. The van der Waals surface area contributed by atoms with Crippen molar-refractivity contribution in [3.05, 3.63) is 51.7 Å². The summed E-state index contributed by atoms with van der Waals surface area (Å²) in [5, 5.41) is 2.13. The fourth-order valence-corrected chi connectivity index (χ4v) is 4.19. The molecule has 0 atom stereocenters. The van der Waals surface area contributed by atoms with Crippen molar-refractivity contribution in [2.75, 3.05) is 26.4 Å². The second-order valence-electron chi connectivity index (χ2n) is 5.95. The lowest BCUT2D eigenvalue weighted by molar-refractivity contribution is -0.133. The first-order chi connectivity index (χ1) is 11.2. The van der Waals surface area contributed by atoms with E-state index < -0.39 is 0 Å². The van der Waals surface area contributed by atoms with Crippen LogP contribution in [0.5, 0.6) is 0 Å². The number of hydrogen-bond acceptors (Lipinski definition) is 4. The molecule has 0 radical (unpaired) electrons. The summed E-state index contributed by atoms with van der Waals surface area (Å²) in [6.07, 6.45) is 3.08. The fourth-order valence-electron chi connectivity index (χ4n) is 2.89. The summed E-state index contributed by atoms with van der Waals surface area (Å²) in [5.41, 5.74) is 2.57. The number of thiophene rings is 1. The van der Waals surface area contributed by atoms with Gasteiger partial charge in [0.15, 0.2) is 0 Å². The highest BCUT2D eigenvalue weighted by Crippen LogP contribution is 2.24. The van der Waals surface area contributed by atoms with Gasteiger partial charge in [-0.15, -0.1) is 23.1 Å². The highest BCUT2D eigenvalue weighted by molar-refractivity contribution is 7.98. The Hall–Kier alpha value is -1.30. The van der Waals surface area contributed by atoms with E-state index in [-0.39, 0.29) is 5.91 Å². The topological polar surface area (TPSA) is 23.6 Å². The lowest BCUT2D eigenvalue weighted by Gasteiger charge is -2.29. The van der Waals surface area contributed by atoms with Gasteiger partial charge in [-0.25, -0.2) is 0 Å².